The molecule has 0 unspecified atom stereocenters. The van der Waals surface area contributed by atoms with E-state index in [-0.39, 0.29) is 18.4 Å². The van der Waals surface area contributed by atoms with Gasteiger partial charge in [-0.3, -0.25) is 4.79 Å². The molecular formula is C9H9F3N4O. The molecule has 2 heterocycles. The van der Waals surface area contributed by atoms with Gasteiger partial charge in [-0.1, -0.05) is 0 Å². The van der Waals surface area contributed by atoms with E-state index in [0.29, 0.717) is 13.1 Å². The van der Waals surface area contributed by atoms with Gasteiger partial charge in [0.05, 0.1) is 12.1 Å². The Morgan fingerprint density at radius 1 is 1.29 bits per heavy atom. The highest BCUT2D eigenvalue weighted by Gasteiger charge is 2.31. The molecule has 1 aromatic rings. The predicted molar refractivity (Wildman–Crippen MR) is 52.3 cm³/mol. The Kier molecular flexibility index (Phi) is 2.86. The fourth-order valence-corrected chi connectivity index (χ4v) is 1.44. The molecule has 17 heavy (non-hydrogen) atoms. The van der Waals surface area contributed by atoms with Crippen LogP contribution in [0, 0.1) is 0 Å². The Hall–Kier alpha value is -1.86. The molecule has 0 spiro atoms. The number of alkyl halides is 3. The summed E-state index contributed by atoms with van der Waals surface area (Å²) in [6.07, 6.45) is -3.01. The molecule has 0 atom stereocenters. The molecule has 1 amide bonds. The lowest BCUT2D eigenvalue weighted by Gasteiger charge is -2.26. The van der Waals surface area contributed by atoms with Gasteiger partial charge in [0.15, 0.2) is 0 Å². The highest BCUT2D eigenvalue weighted by molar-refractivity contribution is 5.81. The molecule has 92 valence electrons. The number of rotatable bonds is 1. The van der Waals surface area contributed by atoms with Gasteiger partial charge in [-0.15, -0.1) is 0 Å². The van der Waals surface area contributed by atoms with Crippen LogP contribution in [0.4, 0.5) is 19.1 Å². The highest BCUT2D eigenvalue weighted by atomic mass is 19.4. The summed E-state index contributed by atoms with van der Waals surface area (Å²) in [5.74, 6) is -0.0624. The van der Waals surface area contributed by atoms with E-state index in [9.17, 15) is 18.0 Å². The third kappa shape index (κ3) is 2.63. The van der Waals surface area contributed by atoms with Crippen LogP contribution in [0.25, 0.3) is 0 Å². The van der Waals surface area contributed by atoms with E-state index in [4.69, 9.17) is 0 Å². The third-order valence-electron chi connectivity index (χ3n) is 2.29. The zero-order chi connectivity index (χ0) is 12.5. The van der Waals surface area contributed by atoms with Gasteiger partial charge in [-0.2, -0.15) is 13.2 Å². The molecule has 0 aromatic carbocycles. The second-order valence-corrected chi connectivity index (χ2v) is 3.54. The molecular weight excluding hydrogens is 237 g/mol. The zero-order valence-electron chi connectivity index (χ0n) is 8.66. The van der Waals surface area contributed by atoms with E-state index in [0.717, 1.165) is 12.4 Å². The van der Waals surface area contributed by atoms with Crippen LogP contribution in [0.15, 0.2) is 12.4 Å². The van der Waals surface area contributed by atoms with E-state index in [2.05, 4.69) is 15.3 Å². The largest absolute Gasteiger partial charge is 0.419 e. The second-order valence-electron chi connectivity index (χ2n) is 3.54. The summed E-state index contributed by atoms with van der Waals surface area (Å²) < 4.78 is 36.8. The number of carbonyl (C=O) groups is 1. The van der Waals surface area contributed by atoms with Crippen LogP contribution in [-0.4, -0.2) is 35.5 Å². The van der Waals surface area contributed by atoms with Crippen molar-refractivity contribution in [3.63, 3.8) is 0 Å². The first-order valence-corrected chi connectivity index (χ1v) is 4.88. The van der Waals surface area contributed by atoms with E-state index in [1.807, 2.05) is 0 Å². The third-order valence-corrected chi connectivity index (χ3v) is 2.29. The molecule has 0 aliphatic carbocycles. The van der Waals surface area contributed by atoms with Gasteiger partial charge >= 0.3 is 6.18 Å². The van der Waals surface area contributed by atoms with Crippen molar-refractivity contribution in [2.45, 2.75) is 6.18 Å². The van der Waals surface area contributed by atoms with Crippen LogP contribution in [0.2, 0.25) is 0 Å². The van der Waals surface area contributed by atoms with Gasteiger partial charge in [0, 0.05) is 25.5 Å². The number of hydrogen-bond acceptors (Lipinski definition) is 4. The summed E-state index contributed by atoms with van der Waals surface area (Å²) in [6.45, 7) is 0.978. The molecule has 2 rings (SSSR count). The number of halogens is 3. The SMILES string of the molecule is O=C1CN(c2ncc(C(F)(F)F)cn2)CCN1. The minimum absolute atomic E-state index is 0.0609. The Morgan fingerprint density at radius 2 is 1.94 bits per heavy atom. The van der Waals surface area contributed by atoms with Crippen LogP contribution in [0.3, 0.4) is 0 Å². The first kappa shape index (κ1) is 11.6. The molecule has 1 aromatic heterocycles. The van der Waals surface area contributed by atoms with Crippen molar-refractivity contribution in [1.29, 1.82) is 0 Å². The van der Waals surface area contributed by atoms with E-state index in [1.165, 1.54) is 4.90 Å². The minimum atomic E-state index is -4.45. The van der Waals surface area contributed by atoms with E-state index < -0.39 is 11.7 Å². The van der Waals surface area contributed by atoms with Crippen molar-refractivity contribution in [1.82, 2.24) is 15.3 Å². The highest BCUT2D eigenvalue weighted by Crippen LogP contribution is 2.28. The van der Waals surface area contributed by atoms with Crippen molar-refractivity contribution in [2.24, 2.45) is 0 Å². The summed E-state index contributed by atoms with van der Waals surface area (Å²) in [6, 6.07) is 0. The van der Waals surface area contributed by atoms with E-state index >= 15 is 0 Å². The number of hydrogen-bond donors (Lipinski definition) is 1. The monoisotopic (exact) mass is 246 g/mol. The first-order valence-electron chi connectivity index (χ1n) is 4.88. The molecule has 8 heteroatoms. The number of amides is 1. The van der Waals surface area contributed by atoms with Gasteiger partial charge in [-0.25, -0.2) is 9.97 Å². The lowest BCUT2D eigenvalue weighted by atomic mass is 10.3. The average Bonchev–Trinajstić information content (AvgIpc) is 2.28. The molecule has 1 N–H and O–H groups in total. The van der Waals surface area contributed by atoms with Gasteiger partial charge in [-0.05, 0) is 0 Å². The number of anilines is 1. The van der Waals surface area contributed by atoms with Gasteiger partial charge in [0.25, 0.3) is 0 Å². The maximum absolute atomic E-state index is 12.3. The maximum Gasteiger partial charge on any atom is 0.419 e. The number of nitrogens with one attached hydrogen (secondary N) is 1. The Balaban J connectivity index is 2.15. The first-order chi connectivity index (χ1) is 7.97. The summed E-state index contributed by atoms with van der Waals surface area (Å²) in [5.41, 5.74) is -0.900. The van der Waals surface area contributed by atoms with Crippen LogP contribution >= 0.6 is 0 Å². The Morgan fingerprint density at radius 3 is 2.47 bits per heavy atom. The van der Waals surface area contributed by atoms with Crippen LogP contribution < -0.4 is 10.2 Å². The zero-order valence-corrected chi connectivity index (χ0v) is 8.66. The van der Waals surface area contributed by atoms with Crippen molar-refractivity contribution in [2.75, 3.05) is 24.5 Å². The van der Waals surface area contributed by atoms with Crippen molar-refractivity contribution in [3.8, 4) is 0 Å². The average molecular weight is 246 g/mol. The summed E-state index contributed by atoms with van der Waals surface area (Å²) >= 11 is 0. The Bertz CT molecular complexity index is 417. The standard InChI is InChI=1S/C9H9F3N4O/c10-9(11,12)6-3-14-8(15-4-6)16-2-1-13-7(17)5-16/h3-4H,1-2,5H2,(H,13,17). The molecule has 0 bridgehead atoms. The minimum Gasteiger partial charge on any atom is -0.353 e. The van der Waals surface area contributed by atoms with E-state index in [1.54, 1.807) is 0 Å². The lowest BCUT2D eigenvalue weighted by molar-refractivity contribution is -0.138. The van der Waals surface area contributed by atoms with Crippen LogP contribution in [0.1, 0.15) is 5.56 Å². The quantitative estimate of drug-likeness (QED) is 0.780. The van der Waals surface area contributed by atoms with Gasteiger partial charge < -0.3 is 10.2 Å². The molecule has 0 saturated carbocycles. The normalized spacial score (nSPS) is 16.9. The maximum atomic E-state index is 12.3. The molecule has 1 fully saturated rings. The van der Waals surface area contributed by atoms with Crippen LogP contribution in [-0.2, 0) is 11.0 Å². The fourth-order valence-electron chi connectivity index (χ4n) is 1.44. The summed E-state index contributed by atoms with van der Waals surface area (Å²) in [5, 5.41) is 2.60. The fraction of sp³-hybridized carbons (Fsp3) is 0.444. The number of piperazine rings is 1. The molecule has 1 aliphatic heterocycles. The number of carbonyl (C=O) groups excluding carboxylic acids is 1. The predicted octanol–water partition coefficient (Wildman–Crippen LogP) is 0.432. The van der Waals surface area contributed by atoms with Crippen LogP contribution in [0.5, 0.6) is 0 Å². The summed E-state index contributed by atoms with van der Waals surface area (Å²) in [7, 11) is 0. The second kappa shape index (κ2) is 4.19. The van der Waals surface area contributed by atoms with Crippen molar-refractivity contribution >= 4 is 11.9 Å². The summed E-state index contributed by atoms with van der Waals surface area (Å²) in [4.78, 5) is 19.8. The van der Waals surface area contributed by atoms with Gasteiger partial charge in [0.2, 0.25) is 11.9 Å². The molecule has 5 nitrogen and oxygen atoms in total. The molecule has 0 radical (unpaired) electrons. The smallest absolute Gasteiger partial charge is 0.353 e. The number of aromatic nitrogens is 2. The number of nitrogens with zero attached hydrogens (tertiary/aromatic N) is 3. The van der Waals surface area contributed by atoms with Crippen molar-refractivity contribution < 1.29 is 18.0 Å². The topological polar surface area (TPSA) is 58.1 Å². The molecule has 1 saturated heterocycles. The Labute approximate surface area is 94.7 Å². The lowest BCUT2D eigenvalue weighted by Crippen LogP contribution is -2.48. The van der Waals surface area contributed by atoms with Gasteiger partial charge in [0.1, 0.15) is 0 Å². The molecule has 1 aliphatic rings. The van der Waals surface area contributed by atoms with Crippen molar-refractivity contribution in [3.05, 3.63) is 18.0 Å².